The number of rotatable bonds is 4. The highest BCUT2D eigenvalue weighted by atomic mass is 32.2. The second kappa shape index (κ2) is 6.40. The summed E-state index contributed by atoms with van der Waals surface area (Å²) in [4.78, 5) is 17.7. The molecular weight excluding hydrogens is 298 g/mol. The molecule has 1 amide bonds. The first-order chi connectivity index (χ1) is 10.8. The second-order valence-electron chi connectivity index (χ2n) is 4.44. The summed E-state index contributed by atoms with van der Waals surface area (Å²) in [5.74, 6) is 0.337. The number of nitrogens with one attached hydrogen (secondary N) is 1. The van der Waals surface area contributed by atoms with Crippen molar-refractivity contribution >= 4 is 23.4 Å². The van der Waals surface area contributed by atoms with Crippen molar-refractivity contribution in [1.29, 1.82) is 0 Å². The van der Waals surface area contributed by atoms with Gasteiger partial charge in [0.2, 0.25) is 0 Å². The first kappa shape index (κ1) is 14.3. The number of aromatic nitrogens is 4. The van der Waals surface area contributed by atoms with Crippen molar-refractivity contribution in [2.24, 2.45) is 0 Å². The SMILES string of the molecule is CSc1cccc(NC(=O)c2cccc(-n3cnnc3)n2)c1. The molecular formula is C15H13N5OS. The number of amides is 1. The smallest absolute Gasteiger partial charge is 0.274 e. The van der Waals surface area contributed by atoms with Crippen LogP contribution >= 0.6 is 11.8 Å². The van der Waals surface area contributed by atoms with Gasteiger partial charge in [0.25, 0.3) is 5.91 Å². The Morgan fingerprint density at radius 3 is 2.68 bits per heavy atom. The Morgan fingerprint density at radius 2 is 1.91 bits per heavy atom. The van der Waals surface area contributed by atoms with Crippen molar-refractivity contribution in [3.63, 3.8) is 0 Å². The minimum absolute atomic E-state index is 0.256. The van der Waals surface area contributed by atoms with Gasteiger partial charge in [-0.3, -0.25) is 9.36 Å². The van der Waals surface area contributed by atoms with Crippen LogP contribution in [-0.2, 0) is 0 Å². The summed E-state index contributed by atoms with van der Waals surface area (Å²) < 4.78 is 1.64. The standard InChI is InChI=1S/C15H13N5OS/c1-22-12-5-2-4-11(8-12)18-15(21)13-6-3-7-14(19-13)20-9-16-17-10-20/h2-10H,1H3,(H,18,21). The first-order valence-corrected chi connectivity index (χ1v) is 7.76. The van der Waals surface area contributed by atoms with E-state index in [0.29, 0.717) is 11.5 Å². The summed E-state index contributed by atoms with van der Waals surface area (Å²) in [6.45, 7) is 0. The lowest BCUT2D eigenvalue weighted by Crippen LogP contribution is -2.14. The van der Waals surface area contributed by atoms with Gasteiger partial charge in [-0.15, -0.1) is 22.0 Å². The lowest BCUT2D eigenvalue weighted by molar-refractivity contribution is 0.102. The maximum atomic E-state index is 12.3. The largest absolute Gasteiger partial charge is 0.321 e. The van der Waals surface area contributed by atoms with E-state index in [9.17, 15) is 4.79 Å². The molecule has 2 aromatic heterocycles. The van der Waals surface area contributed by atoms with E-state index in [0.717, 1.165) is 10.6 Å². The zero-order valence-electron chi connectivity index (χ0n) is 11.8. The van der Waals surface area contributed by atoms with Gasteiger partial charge in [0.15, 0.2) is 0 Å². The van der Waals surface area contributed by atoms with Gasteiger partial charge >= 0.3 is 0 Å². The molecule has 0 aliphatic carbocycles. The van der Waals surface area contributed by atoms with Crippen molar-refractivity contribution in [3.05, 3.63) is 60.8 Å². The van der Waals surface area contributed by atoms with Crippen LogP contribution in [0.4, 0.5) is 5.69 Å². The van der Waals surface area contributed by atoms with Crippen LogP contribution in [-0.4, -0.2) is 31.9 Å². The van der Waals surface area contributed by atoms with E-state index in [1.807, 2.05) is 30.5 Å². The quantitative estimate of drug-likeness (QED) is 0.750. The first-order valence-electron chi connectivity index (χ1n) is 6.54. The third-order valence-corrected chi connectivity index (χ3v) is 3.70. The number of benzene rings is 1. The van der Waals surface area contributed by atoms with E-state index < -0.39 is 0 Å². The molecule has 0 radical (unpaired) electrons. The van der Waals surface area contributed by atoms with Gasteiger partial charge in [-0.25, -0.2) is 4.98 Å². The molecule has 22 heavy (non-hydrogen) atoms. The van der Waals surface area contributed by atoms with E-state index >= 15 is 0 Å². The Kier molecular flexibility index (Phi) is 4.15. The molecule has 0 saturated heterocycles. The van der Waals surface area contributed by atoms with Crippen LogP contribution in [0, 0.1) is 0 Å². The number of anilines is 1. The maximum Gasteiger partial charge on any atom is 0.274 e. The van der Waals surface area contributed by atoms with E-state index in [1.165, 1.54) is 12.7 Å². The Balaban J connectivity index is 1.81. The summed E-state index contributed by atoms with van der Waals surface area (Å²) in [5.41, 5.74) is 1.08. The fourth-order valence-electron chi connectivity index (χ4n) is 1.91. The molecule has 7 heteroatoms. The van der Waals surface area contributed by atoms with Crippen LogP contribution < -0.4 is 5.32 Å². The van der Waals surface area contributed by atoms with Crippen molar-refractivity contribution in [2.45, 2.75) is 4.90 Å². The molecule has 0 fully saturated rings. The number of carbonyl (C=O) groups is 1. The van der Waals surface area contributed by atoms with Gasteiger partial charge in [-0.05, 0) is 36.6 Å². The Morgan fingerprint density at radius 1 is 1.14 bits per heavy atom. The van der Waals surface area contributed by atoms with Crippen molar-refractivity contribution < 1.29 is 4.79 Å². The van der Waals surface area contributed by atoms with E-state index in [2.05, 4.69) is 20.5 Å². The number of hydrogen-bond donors (Lipinski definition) is 1. The fourth-order valence-corrected chi connectivity index (χ4v) is 2.37. The third-order valence-electron chi connectivity index (χ3n) is 2.98. The Bertz CT molecular complexity index is 788. The minimum Gasteiger partial charge on any atom is -0.321 e. The number of hydrogen-bond acceptors (Lipinski definition) is 5. The highest BCUT2D eigenvalue weighted by molar-refractivity contribution is 7.98. The van der Waals surface area contributed by atoms with Gasteiger partial charge in [0.1, 0.15) is 24.2 Å². The average Bonchev–Trinajstić information content (AvgIpc) is 3.09. The fraction of sp³-hybridized carbons (Fsp3) is 0.0667. The number of carbonyl (C=O) groups excluding carboxylic acids is 1. The van der Waals surface area contributed by atoms with Gasteiger partial charge in [-0.2, -0.15) is 0 Å². The van der Waals surface area contributed by atoms with Crippen LogP contribution in [0.1, 0.15) is 10.5 Å². The minimum atomic E-state index is -0.256. The van der Waals surface area contributed by atoms with Crippen LogP contribution in [0.15, 0.2) is 60.0 Å². The molecule has 0 spiro atoms. The molecule has 0 atom stereocenters. The van der Waals surface area contributed by atoms with E-state index in [1.54, 1.807) is 34.5 Å². The topological polar surface area (TPSA) is 72.7 Å². The highest BCUT2D eigenvalue weighted by Gasteiger charge is 2.09. The summed E-state index contributed by atoms with van der Waals surface area (Å²) >= 11 is 1.62. The molecule has 0 bridgehead atoms. The monoisotopic (exact) mass is 311 g/mol. The second-order valence-corrected chi connectivity index (χ2v) is 5.32. The molecule has 0 aliphatic heterocycles. The van der Waals surface area contributed by atoms with Crippen molar-refractivity contribution in [2.75, 3.05) is 11.6 Å². The molecule has 0 unspecified atom stereocenters. The summed E-state index contributed by atoms with van der Waals surface area (Å²) in [6.07, 6.45) is 5.06. The van der Waals surface area contributed by atoms with Crippen LogP contribution in [0.2, 0.25) is 0 Å². The maximum absolute atomic E-state index is 12.3. The number of nitrogens with zero attached hydrogens (tertiary/aromatic N) is 4. The molecule has 0 saturated carbocycles. The van der Waals surface area contributed by atoms with E-state index in [-0.39, 0.29) is 5.91 Å². The van der Waals surface area contributed by atoms with E-state index in [4.69, 9.17) is 0 Å². The van der Waals surface area contributed by atoms with Gasteiger partial charge in [0.05, 0.1) is 0 Å². The lowest BCUT2D eigenvalue weighted by atomic mass is 10.3. The predicted octanol–water partition coefficient (Wildman–Crippen LogP) is 2.64. The molecule has 6 nitrogen and oxygen atoms in total. The van der Waals surface area contributed by atoms with Crippen molar-refractivity contribution in [1.82, 2.24) is 19.7 Å². The van der Waals surface area contributed by atoms with Gasteiger partial charge < -0.3 is 5.32 Å². The molecule has 1 N–H and O–H groups in total. The molecule has 3 aromatic rings. The van der Waals surface area contributed by atoms with Crippen LogP contribution in [0.25, 0.3) is 5.82 Å². The highest BCUT2D eigenvalue weighted by Crippen LogP contribution is 2.19. The lowest BCUT2D eigenvalue weighted by Gasteiger charge is -2.07. The number of thioether (sulfide) groups is 1. The Labute approximate surface area is 131 Å². The third kappa shape index (κ3) is 3.15. The number of pyridine rings is 1. The summed E-state index contributed by atoms with van der Waals surface area (Å²) in [6, 6.07) is 12.9. The molecule has 3 rings (SSSR count). The zero-order valence-corrected chi connectivity index (χ0v) is 12.6. The van der Waals surface area contributed by atoms with Crippen LogP contribution in [0.3, 0.4) is 0 Å². The summed E-state index contributed by atoms with van der Waals surface area (Å²) in [5, 5.41) is 10.3. The Hall–Kier alpha value is -2.67. The molecule has 2 heterocycles. The predicted molar refractivity (Wildman–Crippen MR) is 85.3 cm³/mol. The zero-order chi connectivity index (χ0) is 15.4. The molecule has 110 valence electrons. The van der Waals surface area contributed by atoms with Gasteiger partial charge in [0, 0.05) is 10.6 Å². The van der Waals surface area contributed by atoms with Gasteiger partial charge in [-0.1, -0.05) is 12.1 Å². The molecule has 0 aliphatic rings. The molecule has 1 aromatic carbocycles. The normalized spacial score (nSPS) is 10.4. The summed E-state index contributed by atoms with van der Waals surface area (Å²) in [7, 11) is 0. The van der Waals surface area contributed by atoms with Crippen LogP contribution in [0.5, 0.6) is 0 Å². The average molecular weight is 311 g/mol. The van der Waals surface area contributed by atoms with Crippen molar-refractivity contribution in [3.8, 4) is 5.82 Å².